The quantitative estimate of drug-likeness (QED) is 0.845. The average Bonchev–Trinajstić information content (AvgIpc) is 2.28. The Morgan fingerprint density at radius 2 is 2.17 bits per heavy atom. The molecule has 0 saturated heterocycles. The first-order valence-electron chi connectivity index (χ1n) is 5.89. The Kier molecular flexibility index (Phi) is 5.42. The van der Waals surface area contributed by atoms with Crippen LogP contribution in [0.25, 0.3) is 0 Å². The number of carbonyl (C=O) groups is 1. The van der Waals surface area contributed by atoms with Crippen LogP contribution in [0, 0.1) is 5.82 Å². The molecule has 1 aromatic rings. The summed E-state index contributed by atoms with van der Waals surface area (Å²) < 4.78 is 18.2. The molecule has 4 nitrogen and oxygen atoms in total. The van der Waals surface area contributed by atoms with Gasteiger partial charge < -0.3 is 15.4 Å². The van der Waals surface area contributed by atoms with Crippen molar-refractivity contribution in [1.29, 1.82) is 0 Å². The van der Waals surface area contributed by atoms with Crippen LogP contribution in [-0.4, -0.2) is 25.7 Å². The highest BCUT2D eigenvalue weighted by atomic mass is 19.1. The van der Waals surface area contributed by atoms with Crippen molar-refractivity contribution in [3.05, 3.63) is 29.6 Å². The SMILES string of the molecule is COc1ccc(F)cc1CCNC(=O)NC(C)C. The lowest BCUT2D eigenvalue weighted by Crippen LogP contribution is -2.40. The molecule has 0 radical (unpaired) electrons. The van der Waals surface area contributed by atoms with Crippen LogP contribution in [0.15, 0.2) is 18.2 Å². The number of nitrogens with one attached hydrogen (secondary N) is 2. The Morgan fingerprint density at radius 3 is 2.78 bits per heavy atom. The molecule has 100 valence electrons. The van der Waals surface area contributed by atoms with Gasteiger partial charge in [0.1, 0.15) is 11.6 Å². The van der Waals surface area contributed by atoms with Crippen molar-refractivity contribution in [3.63, 3.8) is 0 Å². The smallest absolute Gasteiger partial charge is 0.314 e. The number of hydrogen-bond donors (Lipinski definition) is 2. The molecule has 0 unspecified atom stereocenters. The number of methoxy groups -OCH3 is 1. The highest BCUT2D eigenvalue weighted by Gasteiger charge is 2.06. The number of ether oxygens (including phenoxy) is 1. The highest BCUT2D eigenvalue weighted by Crippen LogP contribution is 2.19. The molecular weight excluding hydrogens is 235 g/mol. The summed E-state index contributed by atoms with van der Waals surface area (Å²) in [4.78, 5) is 11.3. The number of benzene rings is 1. The molecule has 2 N–H and O–H groups in total. The van der Waals surface area contributed by atoms with Gasteiger partial charge in [-0.2, -0.15) is 0 Å². The van der Waals surface area contributed by atoms with Crippen molar-refractivity contribution in [1.82, 2.24) is 10.6 Å². The van der Waals surface area contributed by atoms with E-state index in [1.54, 1.807) is 6.07 Å². The van der Waals surface area contributed by atoms with Crippen molar-refractivity contribution >= 4 is 6.03 Å². The zero-order valence-electron chi connectivity index (χ0n) is 10.9. The second-order valence-corrected chi connectivity index (χ2v) is 4.26. The zero-order valence-corrected chi connectivity index (χ0v) is 10.9. The van der Waals surface area contributed by atoms with Crippen LogP contribution in [0.3, 0.4) is 0 Å². The first kappa shape index (κ1) is 14.3. The second-order valence-electron chi connectivity index (χ2n) is 4.26. The Morgan fingerprint density at radius 1 is 1.44 bits per heavy atom. The van der Waals surface area contributed by atoms with E-state index in [-0.39, 0.29) is 17.9 Å². The normalized spacial score (nSPS) is 10.3. The molecule has 0 atom stereocenters. The van der Waals surface area contributed by atoms with Gasteiger partial charge in [-0.1, -0.05) is 0 Å². The van der Waals surface area contributed by atoms with Crippen molar-refractivity contribution < 1.29 is 13.9 Å². The van der Waals surface area contributed by atoms with E-state index < -0.39 is 0 Å². The fourth-order valence-electron chi connectivity index (χ4n) is 1.57. The summed E-state index contributed by atoms with van der Waals surface area (Å²) in [6.07, 6.45) is 0.520. The molecule has 0 aliphatic heterocycles. The second kappa shape index (κ2) is 6.83. The van der Waals surface area contributed by atoms with Gasteiger partial charge in [0.15, 0.2) is 0 Å². The Labute approximate surface area is 107 Å². The van der Waals surface area contributed by atoms with Crippen LogP contribution in [0.4, 0.5) is 9.18 Å². The third kappa shape index (κ3) is 4.61. The molecule has 0 aromatic heterocycles. The largest absolute Gasteiger partial charge is 0.496 e. The highest BCUT2D eigenvalue weighted by molar-refractivity contribution is 5.74. The molecule has 0 heterocycles. The third-order valence-corrected chi connectivity index (χ3v) is 2.34. The van der Waals surface area contributed by atoms with Gasteiger partial charge in [0, 0.05) is 12.6 Å². The molecule has 1 aromatic carbocycles. The Bertz CT molecular complexity index is 408. The summed E-state index contributed by atoms with van der Waals surface area (Å²) in [6.45, 7) is 4.20. The lowest BCUT2D eigenvalue weighted by Gasteiger charge is -2.11. The van der Waals surface area contributed by atoms with E-state index in [4.69, 9.17) is 4.74 Å². The number of halogens is 1. The van der Waals surface area contributed by atoms with Crippen LogP contribution >= 0.6 is 0 Å². The fourth-order valence-corrected chi connectivity index (χ4v) is 1.57. The lowest BCUT2D eigenvalue weighted by molar-refractivity contribution is 0.238. The molecule has 18 heavy (non-hydrogen) atoms. The van der Waals surface area contributed by atoms with E-state index in [2.05, 4.69) is 10.6 Å². The summed E-state index contributed by atoms with van der Waals surface area (Å²) in [5.74, 6) is 0.319. The molecule has 1 rings (SSSR count). The number of rotatable bonds is 5. The zero-order chi connectivity index (χ0) is 13.5. The molecule has 0 aliphatic rings. The summed E-state index contributed by atoms with van der Waals surface area (Å²) in [5, 5.41) is 5.42. The molecule has 5 heteroatoms. The molecule has 0 bridgehead atoms. The maximum absolute atomic E-state index is 13.1. The fraction of sp³-hybridized carbons (Fsp3) is 0.462. The van der Waals surface area contributed by atoms with Crippen molar-refractivity contribution in [2.75, 3.05) is 13.7 Å². The Balaban J connectivity index is 2.48. The third-order valence-electron chi connectivity index (χ3n) is 2.34. The molecule has 0 saturated carbocycles. The van der Waals surface area contributed by atoms with Gasteiger partial charge in [0.2, 0.25) is 0 Å². The van der Waals surface area contributed by atoms with Crippen molar-refractivity contribution in [2.45, 2.75) is 26.3 Å². The first-order chi connectivity index (χ1) is 8.52. The van der Waals surface area contributed by atoms with Crippen LogP contribution in [0.1, 0.15) is 19.4 Å². The molecule has 0 fully saturated rings. The summed E-state index contributed by atoms with van der Waals surface area (Å²) in [7, 11) is 1.54. The maximum Gasteiger partial charge on any atom is 0.314 e. The lowest BCUT2D eigenvalue weighted by atomic mass is 10.1. The van der Waals surface area contributed by atoms with E-state index in [0.717, 1.165) is 5.56 Å². The molecular formula is C13H19FN2O2. The van der Waals surface area contributed by atoms with Gasteiger partial charge in [-0.05, 0) is 44.0 Å². The summed E-state index contributed by atoms with van der Waals surface area (Å²) >= 11 is 0. The Hall–Kier alpha value is -1.78. The molecule has 0 spiro atoms. The van der Waals surface area contributed by atoms with Gasteiger partial charge in [0.05, 0.1) is 7.11 Å². The summed E-state index contributed by atoms with van der Waals surface area (Å²) in [6, 6.07) is 4.22. The van der Waals surface area contributed by atoms with E-state index in [1.807, 2.05) is 13.8 Å². The van der Waals surface area contributed by atoms with Crippen molar-refractivity contribution in [3.8, 4) is 5.75 Å². The first-order valence-corrected chi connectivity index (χ1v) is 5.89. The maximum atomic E-state index is 13.1. The minimum atomic E-state index is -0.308. The number of hydrogen-bond acceptors (Lipinski definition) is 2. The van der Waals surface area contributed by atoms with Gasteiger partial charge in [0.25, 0.3) is 0 Å². The molecule has 0 aliphatic carbocycles. The summed E-state index contributed by atoms with van der Waals surface area (Å²) in [5.41, 5.74) is 0.738. The van der Waals surface area contributed by atoms with Crippen LogP contribution < -0.4 is 15.4 Å². The number of amides is 2. The monoisotopic (exact) mass is 254 g/mol. The van der Waals surface area contributed by atoms with E-state index in [0.29, 0.717) is 18.7 Å². The average molecular weight is 254 g/mol. The predicted molar refractivity (Wildman–Crippen MR) is 68.3 cm³/mol. The number of urea groups is 1. The van der Waals surface area contributed by atoms with Crippen LogP contribution in [0.2, 0.25) is 0 Å². The van der Waals surface area contributed by atoms with Crippen LogP contribution in [0.5, 0.6) is 5.75 Å². The minimum absolute atomic E-state index is 0.0914. The van der Waals surface area contributed by atoms with Gasteiger partial charge in [-0.15, -0.1) is 0 Å². The van der Waals surface area contributed by atoms with Crippen molar-refractivity contribution in [2.24, 2.45) is 0 Å². The topological polar surface area (TPSA) is 50.4 Å². The van der Waals surface area contributed by atoms with Crippen LogP contribution in [-0.2, 0) is 6.42 Å². The van der Waals surface area contributed by atoms with Gasteiger partial charge >= 0.3 is 6.03 Å². The standard InChI is InChI=1S/C13H19FN2O2/c1-9(2)16-13(17)15-7-6-10-8-11(14)4-5-12(10)18-3/h4-5,8-9H,6-7H2,1-3H3,(H2,15,16,17). The van der Waals surface area contributed by atoms with Gasteiger partial charge in [-0.3, -0.25) is 0 Å². The predicted octanol–water partition coefficient (Wildman–Crippen LogP) is 2.08. The molecule has 2 amide bonds. The van der Waals surface area contributed by atoms with Gasteiger partial charge in [-0.25, -0.2) is 9.18 Å². The number of carbonyl (C=O) groups excluding carboxylic acids is 1. The van der Waals surface area contributed by atoms with E-state index in [9.17, 15) is 9.18 Å². The van der Waals surface area contributed by atoms with E-state index >= 15 is 0 Å². The van der Waals surface area contributed by atoms with E-state index in [1.165, 1.54) is 19.2 Å². The minimum Gasteiger partial charge on any atom is -0.496 e.